The van der Waals surface area contributed by atoms with E-state index in [0.29, 0.717) is 31.9 Å². The molecule has 0 saturated carbocycles. The molecule has 0 aromatic heterocycles. The summed E-state index contributed by atoms with van der Waals surface area (Å²) in [4.78, 5) is 13.2. The Morgan fingerprint density at radius 3 is 2.64 bits per heavy atom. The van der Waals surface area contributed by atoms with E-state index in [4.69, 9.17) is 4.74 Å². The largest absolute Gasteiger partial charge is 0.483 e. The Morgan fingerprint density at radius 2 is 2.00 bits per heavy atom. The first kappa shape index (κ1) is 19.5. The number of halogens is 3. The Bertz CT molecular complexity index is 560. The molecule has 0 spiro atoms. The van der Waals surface area contributed by atoms with Crippen LogP contribution in [0.2, 0.25) is 0 Å². The lowest BCUT2D eigenvalue weighted by Gasteiger charge is -2.35. The molecule has 0 radical (unpaired) electrons. The number of hydrogen-bond donors (Lipinski definition) is 2. The van der Waals surface area contributed by atoms with Crippen LogP contribution in [-0.4, -0.2) is 62.4 Å². The molecule has 1 aliphatic heterocycles. The van der Waals surface area contributed by atoms with Gasteiger partial charge in [-0.15, -0.1) is 0 Å². The van der Waals surface area contributed by atoms with Crippen LogP contribution in [0.25, 0.3) is 0 Å². The lowest BCUT2D eigenvalue weighted by molar-refractivity contribution is -0.184. The van der Waals surface area contributed by atoms with Crippen LogP contribution in [0.1, 0.15) is 12.5 Å². The number of para-hydroxylation sites is 1. The number of rotatable bonds is 7. The molecule has 1 amide bonds. The van der Waals surface area contributed by atoms with Gasteiger partial charge in [0.1, 0.15) is 11.8 Å². The molecule has 25 heavy (non-hydrogen) atoms. The molecule has 1 heterocycles. The van der Waals surface area contributed by atoms with E-state index in [0.717, 1.165) is 12.0 Å². The third kappa shape index (κ3) is 5.89. The van der Waals surface area contributed by atoms with Crippen molar-refractivity contribution in [3.63, 3.8) is 0 Å². The van der Waals surface area contributed by atoms with Crippen molar-refractivity contribution in [2.45, 2.75) is 25.6 Å². The van der Waals surface area contributed by atoms with E-state index < -0.39 is 24.7 Å². The summed E-state index contributed by atoms with van der Waals surface area (Å²) in [6.07, 6.45) is -3.64. The van der Waals surface area contributed by atoms with E-state index in [1.54, 1.807) is 12.1 Å². The van der Waals surface area contributed by atoms with Crippen molar-refractivity contribution >= 4 is 5.91 Å². The van der Waals surface area contributed by atoms with E-state index in [1.807, 2.05) is 19.1 Å². The van der Waals surface area contributed by atoms with Gasteiger partial charge in [0.2, 0.25) is 0 Å². The average Bonchev–Trinajstić information content (AvgIpc) is 2.60. The molecule has 2 N–H and O–H groups in total. The quantitative estimate of drug-likeness (QED) is 0.776. The molecule has 8 heteroatoms. The number of carbonyl (C=O) groups excluding carboxylic acids is 1. The minimum atomic E-state index is -4.39. The van der Waals surface area contributed by atoms with Crippen LogP contribution in [-0.2, 0) is 11.2 Å². The maximum atomic E-state index is 13.3. The molecule has 140 valence electrons. The lowest BCUT2D eigenvalue weighted by Crippen LogP contribution is -2.57. The van der Waals surface area contributed by atoms with Gasteiger partial charge in [0.05, 0.1) is 0 Å². The van der Waals surface area contributed by atoms with Crippen LogP contribution in [0.3, 0.4) is 0 Å². The molecule has 1 aromatic rings. The number of ether oxygens (including phenoxy) is 1. The van der Waals surface area contributed by atoms with Crippen molar-refractivity contribution in [1.29, 1.82) is 0 Å². The van der Waals surface area contributed by atoms with E-state index >= 15 is 0 Å². The zero-order valence-electron chi connectivity index (χ0n) is 14.2. The number of hydrogen-bond acceptors (Lipinski definition) is 4. The van der Waals surface area contributed by atoms with Crippen LogP contribution in [0.15, 0.2) is 24.3 Å². The summed E-state index contributed by atoms with van der Waals surface area (Å²) in [5.74, 6) is 0.0184. The van der Waals surface area contributed by atoms with Gasteiger partial charge < -0.3 is 15.4 Å². The molecule has 1 atom stereocenters. The first-order valence-corrected chi connectivity index (χ1v) is 8.40. The third-order valence-corrected chi connectivity index (χ3v) is 4.18. The van der Waals surface area contributed by atoms with Crippen LogP contribution in [0.5, 0.6) is 5.75 Å². The topological polar surface area (TPSA) is 53.6 Å². The number of nitrogens with one attached hydrogen (secondary N) is 2. The predicted molar refractivity (Wildman–Crippen MR) is 88.6 cm³/mol. The van der Waals surface area contributed by atoms with Crippen LogP contribution < -0.4 is 15.4 Å². The summed E-state index contributed by atoms with van der Waals surface area (Å²) >= 11 is 0. The van der Waals surface area contributed by atoms with Crippen molar-refractivity contribution in [2.75, 3.05) is 39.3 Å². The summed E-state index contributed by atoms with van der Waals surface area (Å²) in [6.45, 7) is 2.82. The van der Waals surface area contributed by atoms with Gasteiger partial charge in [-0.05, 0) is 18.1 Å². The molecule has 1 aliphatic rings. The number of piperazine rings is 1. The van der Waals surface area contributed by atoms with Crippen LogP contribution in [0, 0.1) is 0 Å². The van der Waals surface area contributed by atoms with Crippen molar-refractivity contribution in [3.8, 4) is 5.75 Å². The van der Waals surface area contributed by atoms with Gasteiger partial charge in [-0.1, -0.05) is 25.1 Å². The van der Waals surface area contributed by atoms with Gasteiger partial charge in [0.15, 0.2) is 6.61 Å². The molecule has 2 rings (SSSR count). The van der Waals surface area contributed by atoms with E-state index in [9.17, 15) is 18.0 Å². The van der Waals surface area contributed by atoms with Gasteiger partial charge >= 0.3 is 6.18 Å². The Kier molecular flexibility index (Phi) is 7.07. The van der Waals surface area contributed by atoms with Gasteiger partial charge in [-0.25, -0.2) is 0 Å². The minimum Gasteiger partial charge on any atom is -0.483 e. The molecule has 1 fully saturated rings. The second-order valence-electron chi connectivity index (χ2n) is 5.90. The highest BCUT2D eigenvalue weighted by Gasteiger charge is 2.43. The van der Waals surface area contributed by atoms with Gasteiger partial charge in [0, 0.05) is 32.7 Å². The maximum Gasteiger partial charge on any atom is 0.405 e. The second kappa shape index (κ2) is 9.05. The molecule has 0 aliphatic carbocycles. The summed E-state index contributed by atoms with van der Waals surface area (Å²) < 4.78 is 45.2. The number of nitrogens with zero attached hydrogens (tertiary/aromatic N) is 1. The predicted octanol–water partition coefficient (Wildman–Crippen LogP) is 1.58. The average molecular weight is 359 g/mol. The molecule has 1 aromatic carbocycles. The van der Waals surface area contributed by atoms with E-state index in [1.165, 1.54) is 4.90 Å². The van der Waals surface area contributed by atoms with Crippen LogP contribution in [0.4, 0.5) is 13.2 Å². The standard InChI is InChI=1S/C17H24F3N3O2/c1-2-13-5-3-4-6-14(13)25-12-16(24)22-11-15(17(18,19)20)23-9-7-21-8-10-23/h3-6,15,21H,2,7-12H2,1H3,(H,22,24). The normalized spacial score (nSPS) is 17.1. The SMILES string of the molecule is CCc1ccccc1OCC(=O)NCC(N1CCNCC1)C(F)(F)F. The number of benzene rings is 1. The number of alkyl halides is 3. The highest BCUT2D eigenvalue weighted by molar-refractivity contribution is 5.77. The van der Waals surface area contributed by atoms with E-state index in [-0.39, 0.29) is 6.61 Å². The number of aryl methyl sites for hydroxylation is 1. The first-order chi connectivity index (χ1) is 11.9. The Labute approximate surface area is 145 Å². The summed E-state index contributed by atoms with van der Waals surface area (Å²) in [5, 5.41) is 5.37. The number of carbonyl (C=O) groups is 1. The fourth-order valence-electron chi connectivity index (χ4n) is 2.79. The summed E-state index contributed by atoms with van der Waals surface area (Å²) in [7, 11) is 0. The van der Waals surface area contributed by atoms with E-state index in [2.05, 4.69) is 10.6 Å². The van der Waals surface area contributed by atoms with Crippen molar-refractivity contribution in [3.05, 3.63) is 29.8 Å². The summed E-state index contributed by atoms with van der Waals surface area (Å²) in [6, 6.07) is 5.60. The fraction of sp³-hybridized carbons (Fsp3) is 0.588. The Morgan fingerprint density at radius 1 is 1.32 bits per heavy atom. The third-order valence-electron chi connectivity index (χ3n) is 4.18. The molecular weight excluding hydrogens is 335 g/mol. The van der Waals surface area contributed by atoms with Crippen LogP contribution >= 0.6 is 0 Å². The Balaban J connectivity index is 1.86. The molecule has 5 nitrogen and oxygen atoms in total. The van der Waals surface area contributed by atoms with Gasteiger partial charge in [0.25, 0.3) is 5.91 Å². The highest BCUT2D eigenvalue weighted by atomic mass is 19.4. The zero-order valence-corrected chi connectivity index (χ0v) is 14.2. The smallest absolute Gasteiger partial charge is 0.405 e. The highest BCUT2D eigenvalue weighted by Crippen LogP contribution is 2.24. The zero-order chi connectivity index (χ0) is 18.3. The fourth-order valence-corrected chi connectivity index (χ4v) is 2.79. The van der Waals surface area contributed by atoms with Crippen molar-refractivity contribution in [2.24, 2.45) is 0 Å². The van der Waals surface area contributed by atoms with Gasteiger partial charge in [-0.3, -0.25) is 9.69 Å². The van der Waals surface area contributed by atoms with Gasteiger partial charge in [-0.2, -0.15) is 13.2 Å². The van der Waals surface area contributed by atoms with Crippen molar-refractivity contribution in [1.82, 2.24) is 15.5 Å². The molecule has 0 bridgehead atoms. The summed E-state index contributed by atoms with van der Waals surface area (Å²) in [5.41, 5.74) is 0.948. The van der Waals surface area contributed by atoms with Crippen molar-refractivity contribution < 1.29 is 22.7 Å². The monoisotopic (exact) mass is 359 g/mol. The number of amides is 1. The molecule has 1 unspecified atom stereocenters. The molecule has 1 saturated heterocycles. The lowest BCUT2D eigenvalue weighted by atomic mass is 10.1. The minimum absolute atomic E-state index is 0.302. The maximum absolute atomic E-state index is 13.3. The first-order valence-electron chi connectivity index (χ1n) is 8.40. The Hall–Kier alpha value is -1.80. The second-order valence-corrected chi connectivity index (χ2v) is 5.90. The molecular formula is C17H24F3N3O2.